The Kier molecular flexibility index (Phi) is 8.59. The predicted molar refractivity (Wildman–Crippen MR) is 153 cm³/mol. The van der Waals surface area contributed by atoms with Gasteiger partial charge in [0, 0.05) is 15.6 Å². The van der Waals surface area contributed by atoms with Crippen LogP contribution in [0.2, 0.25) is 10.0 Å². The highest BCUT2D eigenvalue weighted by atomic mass is 35.5. The fraction of sp³-hybridized carbons (Fsp3) is 0.300. The van der Waals surface area contributed by atoms with Crippen LogP contribution in [0.5, 0.6) is 0 Å². The molecule has 0 aromatic heterocycles. The maximum absolute atomic E-state index is 14.2. The molecule has 208 valence electrons. The van der Waals surface area contributed by atoms with Crippen LogP contribution in [0.15, 0.2) is 72.8 Å². The number of fused-ring (bicyclic) bond motifs is 1. The number of hydrogen-bond acceptors (Lipinski definition) is 4. The molecule has 40 heavy (non-hydrogen) atoms. The van der Waals surface area contributed by atoms with Gasteiger partial charge >= 0.3 is 6.03 Å². The van der Waals surface area contributed by atoms with Gasteiger partial charge in [-0.15, -0.1) is 0 Å². The van der Waals surface area contributed by atoms with Crippen molar-refractivity contribution >= 4 is 41.0 Å². The number of rotatable bonds is 7. The van der Waals surface area contributed by atoms with Crippen LogP contribution in [0.25, 0.3) is 0 Å². The molecule has 10 heteroatoms. The van der Waals surface area contributed by atoms with Crippen molar-refractivity contribution in [3.63, 3.8) is 0 Å². The first kappa shape index (κ1) is 28.0. The van der Waals surface area contributed by atoms with Crippen molar-refractivity contribution in [3.8, 4) is 0 Å². The quantitative estimate of drug-likeness (QED) is 0.320. The molecule has 1 aliphatic heterocycles. The summed E-state index contributed by atoms with van der Waals surface area (Å²) in [6, 6.07) is 19.3. The molecule has 1 saturated carbocycles. The van der Waals surface area contributed by atoms with E-state index in [9.17, 15) is 14.4 Å². The summed E-state index contributed by atoms with van der Waals surface area (Å²) in [5, 5.41) is 3.59. The summed E-state index contributed by atoms with van der Waals surface area (Å²) >= 11 is 13.0. The smallest absolute Gasteiger partial charge is 0.312 e. The highest BCUT2D eigenvalue weighted by molar-refractivity contribution is 6.35. The Morgan fingerprint density at radius 2 is 1.68 bits per heavy atom. The minimum atomic E-state index is -0.862. The van der Waals surface area contributed by atoms with Crippen molar-refractivity contribution in [1.29, 1.82) is 0 Å². The molecule has 3 aromatic carbocycles. The third-order valence-electron chi connectivity index (χ3n) is 7.61. The Morgan fingerprint density at radius 1 is 0.950 bits per heavy atom. The molecule has 0 saturated heterocycles. The molecule has 5 rings (SSSR count). The first-order chi connectivity index (χ1) is 19.3. The summed E-state index contributed by atoms with van der Waals surface area (Å²) in [6.07, 6.45) is 3.01. The maximum atomic E-state index is 14.2. The largest absolute Gasteiger partial charge is 0.352 e. The Balaban J connectivity index is 1.59. The van der Waals surface area contributed by atoms with Gasteiger partial charge in [0.15, 0.2) is 0 Å². The number of nitrogens with two attached hydrogens (primary N) is 1. The molecule has 1 fully saturated rings. The Labute approximate surface area is 242 Å². The summed E-state index contributed by atoms with van der Waals surface area (Å²) in [4.78, 5) is 47.5. The minimum absolute atomic E-state index is 0.170. The number of benzene rings is 3. The molecule has 2 aliphatic rings. The van der Waals surface area contributed by atoms with Gasteiger partial charge in [0.1, 0.15) is 0 Å². The van der Waals surface area contributed by atoms with E-state index in [0.29, 0.717) is 39.6 Å². The first-order valence-corrected chi connectivity index (χ1v) is 14.0. The third-order valence-corrected chi connectivity index (χ3v) is 8.17. The lowest BCUT2D eigenvalue weighted by Crippen LogP contribution is -2.59. The van der Waals surface area contributed by atoms with Crippen LogP contribution >= 0.6 is 23.2 Å². The van der Waals surface area contributed by atoms with Gasteiger partial charge in [-0.2, -0.15) is 0 Å². The molecular formula is C30H30Cl2N4O4. The van der Waals surface area contributed by atoms with Crippen LogP contribution in [-0.2, 0) is 16.2 Å². The molecule has 0 radical (unpaired) electrons. The summed E-state index contributed by atoms with van der Waals surface area (Å²) < 4.78 is 0. The van der Waals surface area contributed by atoms with Crippen molar-refractivity contribution in [2.24, 2.45) is 5.73 Å². The third kappa shape index (κ3) is 5.80. The molecule has 3 aromatic rings. The second kappa shape index (κ2) is 12.3. The molecule has 4 N–H and O–H groups in total. The van der Waals surface area contributed by atoms with Crippen molar-refractivity contribution < 1.29 is 19.2 Å². The Bertz CT molecular complexity index is 1400. The van der Waals surface area contributed by atoms with E-state index in [4.69, 9.17) is 33.8 Å². The normalized spacial score (nSPS) is 22.4. The van der Waals surface area contributed by atoms with Crippen LogP contribution in [0, 0.1) is 0 Å². The fourth-order valence-corrected chi connectivity index (χ4v) is 6.42. The van der Waals surface area contributed by atoms with E-state index in [1.807, 2.05) is 30.3 Å². The van der Waals surface area contributed by atoms with Gasteiger partial charge in [0.05, 0.1) is 30.7 Å². The maximum Gasteiger partial charge on any atom is 0.312 e. The summed E-state index contributed by atoms with van der Waals surface area (Å²) in [6.45, 7) is 0.170. The number of carbonyl (C=O) groups is 3. The number of hydrogen-bond donors (Lipinski definition) is 3. The molecule has 1 unspecified atom stereocenters. The zero-order valence-electron chi connectivity index (χ0n) is 21.7. The zero-order valence-corrected chi connectivity index (χ0v) is 23.2. The predicted octanol–water partition coefficient (Wildman–Crippen LogP) is 5.50. The molecule has 4 amide bonds. The lowest BCUT2D eigenvalue weighted by molar-refractivity contribution is -0.138. The van der Waals surface area contributed by atoms with E-state index in [0.717, 1.165) is 18.4 Å². The summed E-state index contributed by atoms with van der Waals surface area (Å²) in [7, 11) is 0. The van der Waals surface area contributed by atoms with Crippen molar-refractivity contribution in [2.75, 3.05) is 0 Å². The molecule has 0 bridgehead atoms. The minimum Gasteiger partial charge on any atom is -0.352 e. The number of urea groups is 1. The van der Waals surface area contributed by atoms with Crippen LogP contribution in [0.3, 0.4) is 0 Å². The van der Waals surface area contributed by atoms with Crippen molar-refractivity contribution in [1.82, 2.24) is 15.7 Å². The zero-order chi connectivity index (χ0) is 28.2. The van der Waals surface area contributed by atoms with Crippen LogP contribution < -0.4 is 16.5 Å². The van der Waals surface area contributed by atoms with Gasteiger partial charge < -0.3 is 16.0 Å². The number of primary amides is 1. The van der Waals surface area contributed by atoms with Gasteiger partial charge in [-0.05, 0) is 47.7 Å². The number of halogens is 2. The van der Waals surface area contributed by atoms with Crippen LogP contribution in [0.4, 0.5) is 4.79 Å². The second-order valence-electron chi connectivity index (χ2n) is 10.1. The van der Waals surface area contributed by atoms with Crippen molar-refractivity contribution in [2.45, 2.75) is 56.3 Å². The Morgan fingerprint density at radius 3 is 2.42 bits per heavy atom. The van der Waals surface area contributed by atoms with Gasteiger partial charge in [0.25, 0.3) is 11.8 Å². The van der Waals surface area contributed by atoms with Gasteiger partial charge in [-0.25, -0.2) is 10.3 Å². The van der Waals surface area contributed by atoms with E-state index in [1.165, 1.54) is 0 Å². The van der Waals surface area contributed by atoms with E-state index in [2.05, 4.69) is 10.8 Å². The molecule has 1 aliphatic carbocycles. The molecule has 0 spiro atoms. The fourth-order valence-electron chi connectivity index (χ4n) is 5.89. The lowest BCUT2D eigenvalue weighted by Gasteiger charge is -2.49. The Hall–Kier alpha value is -3.59. The van der Waals surface area contributed by atoms with Gasteiger partial charge in [-0.1, -0.05) is 90.6 Å². The number of carbonyl (C=O) groups excluding carboxylic acids is 3. The van der Waals surface area contributed by atoms with Gasteiger partial charge in [0.2, 0.25) is 0 Å². The molecule has 4 atom stereocenters. The highest BCUT2D eigenvalue weighted by Gasteiger charge is 2.49. The highest BCUT2D eigenvalue weighted by Crippen LogP contribution is 2.47. The monoisotopic (exact) mass is 580 g/mol. The molecule has 1 heterocycles. The van der Waals surface area contributed by atoms with Gasteiger partial charge in [-0.3, -0.25) is 14.4 Å². The van der Waals surface area contributed by atoms with E-state index >= 15 is 0 Å². The summed E-state index contributed by atoms with van der Waals surface area (Å²) in [5.74, 6) is -1.53. The standard InChI is InChI=1S/C30H30Cl2N4O4/c31-19-14-15-22(23(32)16-19)27-26(28(37)35-40-17-18-8-2-1-3-9-18)20-10-4-5-11-21(20)29(38)36(27)25-13-7-6-12-24(25)34-30(33)39/h1-5,8-11,14-16,24-27H,6-7,12-13,17H2,(H,35,37)(H3,33,34,39)/t24-,25?,26+,27-/m0/s1. The molecule has 8 nitrogen and oxygen atoms in total. The average molecular weight is 582 g/mol. The first-order valence-electron chi connectivity index (χ1n) is 13.2. The van der Waals surface area contributed by atoms with Crippen molar-refractivity contribution in [3.05, 3.63) is 105 Å². The lowest BCUT2D eigenvalue weighted by atomic mass is 9.76. The average Bonchev–Trinajstić information content (AvgIpc) is 2.94. The number of nitrogens with one attached hydrogen (secondary N) is 2. The van der Waals surface area contributed by atoms with Crippen LogP contribution in [0.1, 0.15) is 64.7 Å². The summed E-state index contributed by atoms with van der Waals surface area (Å²) in [5.41, 5.74) is 10.6. The SMILES string of the molecule is NC(=O)N[C@H]1CCCCC1N1C(=O)c2ccccc2[C@@H](C(=O)NOCc2ccccc2)[C@@H]1c1ccc(Cl)cc1Cl. The second-order valence-corrected chi connectivity index (χ2v) is 10.9. The number of hydroxylamine groups is 1. The van der Waals surface area contributed by atoms with E-state index in [1.54, 1.807) is 47.4 Å². The van der Waals surface area contributed by atoms with E-state index < -0.39 is 29.9 Å². The topological polar surface area (TPSA) is 114 Å². The number of amides is 4. The molecular weight excluding hydrogens is 551 g/mol. The van der Waals surface area contributed by atoms with Crippen LogP contribution in [-0.4, -0.2) is 34.8 Å². The van der Waals surface area contributed by atoms with E-state index in [-0.39, 0.29) is 18.6 Å². The number of nitrogens with zero attached hydrogens (tertiary/aromatic N) is 1.